The van der Waals surface area contributed by atoms with Gasteiger partial charge in [-0.05, 0) is 13.3 Å². The smallest absolute Gasteiger partial charge is 0.319 e. The van der Waals surface area contributed by atoms with Gasteiger partial charge >= 0.3 is 11.9 Å². The predicted molar refractivity (Wildman–Crippen MR) is 60.0 cm³/mol. The minimum absolute atomic E-state index is 0.137. The first-order chi connectivity index (χ1) is 7.58. The van der Waals surface area contributed by atoms with E-state index < -0.39 is 6.10 Å². The molecular formula is C10H11IO5. The molecule has 3 aliphatic heterocycles. The Morgan fingerprint density at radius 2 is 2.31 bits per heavy atom. The molecule has 0 aliphatic carbocycles. The second kappa shape index (κ2) is 3.56. The Morgan fingerprint density at radius 1 is 1.56 bits per heavy atom. The molecular weight excluding hydrogens is 327 g/mol. The fraction of sp³-hybridized carbons (Fsp3) is 0.800. The highest BCUT2D eigenvalue weighted by atomic mass is 127. The number of alkyl halides is 1. The van der Waals surface area contributed by atoms with Crippen molar-refractivity contribution in [3.8, 4) is 0 Å². The molecule has 3 aliphatic rings. The van der Waals surface area contributed by atoms with Crippen LogP contribution in [0.5, 0.6) is 0 Å². The lowest BCUT2D eigenvalue weighted by atomic mass is 9.88. The third-order valence-corrected chi connectivity index (χ3v) is 3.87. The highest BCUT2D eigenvalue weighted by Crippen LogP contribution is 2.47. The van der Waals surface area contributed by atoms with Gasteiger partial charge in [0.25, 0.3) is 0 Å². The van der Waals surface area contributed by atoms with Crippen molar-refractivity contribution in [1.82, 2.24) is 0 Å². The minimum atomic E-state index is -0.405. The van der Waals surface area contributed by atoms with Crippen molar-refractivity contribution in [2.24, 2.45) is 5.92 Å². The van der Waals surface area contributed by atoms with Gasteiger partial charge in [0, 0.05) is 0 Å². The Balaban J connectivity index is 1.75. The van der Waals surface area contributed by atoms with Crippen LogP contribution in [0, 0.1) is 5.92 Å². The summed E-state index contributed by atoms with van der Waals surface area (Å²) < 4.78 is 15.9. The summed E-state index contributed by atoms with van der Waals surface area (Å²) in [5, 5.41) is 0. The van der Waals surface area contributed by atoms with E-state index in [2.05, 4.69) is 0 Å². The number of hydrogen-bond acceptors (Lipinski definition) is 5. The number of carbonyl (C=O) groups excluding carboxylic acids is 2. The highest BCUT2D eigenvalue weighted by Gasteiger charge is 2.65. The zero-order valence-electron chi connectivity index (χ0n) is 8.59. The van der Waals surface area contributed by atoms with Crippen molar-refractivity contribution in [3.05, 3.63) is 0 Å². The number of hydrogen-bond donors (Lipinski definition) is 0. The van der Waals surface area contributed by atoms with Gasteiger partial charge in [-0.2, -0.15) is 0 Å². The number of fused-ring (bicyclic) bond motifs is 1. The maximum Gasteiger partial charge on any atom is 0.319 e. The molecule has 3 saturated heterocycles. The molecule has 6 heteroatoms. The third-order valence-electron chi connectivity index (χ3n) is 3.36. The molecule has 0 radical (unpaired) electrons. The Hall–Kier alpha value is -0.370. The lowest BCUT2D eigenvalue weighted by molar-refractivity contribution is -0.159. The van der Waals surface area contributed by atoms with Crippen LogP contribution in [0.4, 0.5) is 0 Å². The fourth-order valence-electron chi connectivity index (χ4n) is 2.61. The predicted octanol–water partition coefficient (Wildman–Crippen LogP) is 0.434. The quantitative estimate of drug-likeness (QED) is 0.415. The normalized spacial score (nSPS) is 45.6. The number of esters is 2. The first-order valence-corrected chi connectivity index (χ1v) is 6.53. The summed E-state index contributed by atoms with van der Waals surface area (Å²) in [5.41, 5.74) is 0. The number of rotatable bonds is 2. The number of halogens is 1. The Kier molecular flexibility index (Phi) is 2.39. The van der Waals surface area contributed by atoms with Crippen LogP contribution in [0.2, 0.25) is 0 Å². The van der Waals surface area contributed by atoms with Gasteiger partial charge in [-0.25, -0.2) is 0 Å². The van der Waals surface area contributed by atoms with E-state index in [4.69, 9.17) is 14.2 Å². The van der Waals surface area contributed by atoms with Gasteiger partial charge in [0.15, 0.2) is 12.2 Å². The van der Waals surface area contributed by atoms with E-state index in [1.54, 1.807) is 6.92 Å². The Morgan fingerprint density at radius 3 is 3.00 bits per heavy atom. The molecule has 0 spiro atoms. The van der Waals surface area contributed by atoms with E-state index in [9.17, 15) is 9.59 Å². The van der Waals surface area contributed by atoms with Crippen LogP contribution in [0.15, 0.2) is 0 Å². The molecule has 3 fully saturated rings. The molecule has 2 bridgehead atoms. The molecule has 16 heavy (non-hydrogen) atoms. The van der Waals surface area contributed by atoms with Gasteiger partial charge in [0.1, 0.15) is 10.0 Å². The van der Waals surface area contributed by atoms with Gasteiger partial charge in [0.05, 0.1) is 12.0 Å². The van der Waals surface area contributed by atoms with Crippen molar-refractivity contribution in [1.29, 1.82) is 0 Å². The minimum Gasteiger partial charge on any atom is -0.455 e. The molecule has 0 aromatic rings. The molecule has 0 aromatic heterocycles. The second-order valence-corrected chi connectivity index (χ2v) is 6.27. The maximum atomic E-state index is 11.5. The first-order valence-electron chi connectivity index (χ1n) is 5.28. The summed E-state index contributed by atoms with van der Waals surface area (Å²) in [6, 6.07) is 0. The van der Waals surface area contributed by atoms with Crippen molar-refractivity contribution >= 4 is 34.5 Å². The van der Waals surface area contributed by atoms with Crippen molar-refractivity contribution in [2.75, 3.05) is 0 Å². The summed E-state index contributed by atoms with van der Waals surface area (Å²) in [5.74, 6) is -0.623. The van der Waals surface area contributed by atoms with E-state index in [-0.39, 0.29) is 40.1 Å². The average molecular weight is 338 g/mol. The van der Waals surface area contributed by atoms with Gasteiger partial charge in [-0.15, -0.1) is 0 Å². The third kappa shape index (κ3) is 1.38. The van der Waals surface area contributed by atoms with Crippen LogP contribution in [-0.4, -0.2) is 40.3 Å². The maximum absolute atomic E-state index is 11.5. The largest absolute Gasteiger partial charge is 0.455 e. The molecule has 3 rings (SSSR count). The van der Waals surface area contributed by atoms with E-state index in [1.807, 2.05) is 22.6 Å². The lowest BCUT2D eigenvalue weighted by Crippen LogP contribution is -2.41. The van der Waals surface area contributed by atoms with Crippen LogP contribution in [0.25, 0.3) is 0 Å². The highest BCUT2D eigenvalue weighted by molar-refractivity contribution is 14.1. The standard InChI is InChI=1S/C10H11IO5/c1-3(11)9(12)15-7-5-2-4-6(14-5)8(7)16-10(4)13/h3-8H,2H2,1H3. The summed E-state index contributed by atoms with van der Waals surface area (Å²) in [6.07, 6.45) is -0.522. The topological polar surface area (TPSA) is 61.8 Å². The summed E-state index contributed by atoms with van der Waals surface area (Å²) >= 11 is 2.00. The average Bonchev–Trinajstić information content (AvgIpc) is 2.81. The van der Waals surface area contributed by atoms with Crippen LogP contribution < -0.4 is 0 Å². The number of carbonyl (C=O) groups is 2. The Labute approximate surface area is 106 Å². The monoisotopic (exact) mass is 338 g/mol. The van der Waals surface area contributed by atoms with E-state index in [1.165, 1.54) is 0 Å². The molecule has 5 nitrogen and oxygen atoms in total. The van der Waals surface area contributed by atoms with Gasteiger partial charge in [0.2, 0.25) is 0 Å². The first kappa shape index (κ1) is 10.8. The zero-order valence-corrected chi connectivity index (χ0v) is 10.7. The molecule has 6 atom stereocenters. The van der Waals surface area contributed by atoms with Crippen molar-refractivity contribution < 1.29 is 23.8 Å². The molecule has 3 heterocycles. The van der Waals surface area contributed by atoms with Crippen LogP contribution in [-0.2, 0) is 23.8 Å². The van der Waals surface area contributed by atoms with E-state index in [0.717, 1.165) is 0 Å². The van der Waals surface area contributed by atoms with Crippen molar-refractivity contribution in [3.63, 3.8) is 0 Å². The summed E-state index contributed by atoms with van der Waals surface area (Å²) in [4.78, 5) is 22.9. The SMILES string of the molecule is CC(I)C(=O)OC1C2CC3C(=O)OC1C3O2. The van der Waals surface area contributed by atoms with Crippen LogP contribution in [0.3, 0.4) is 0 Å². The Bertz CT molecular complexity index is 355. The molecule has 0 amide bonds. The number of ether oxygens (including phenoxy) is 3. The van der Waals surface area contributed by atoms with Gasteiger partial charge in [-0.3, -0.25) is 9.59 Å². The van der Waals surface area contributed by atoms with Gasteiger partial charge < -0.3 is 14.2 Å². The molecule has 0 saturated carbocycles. The summed E-state index contributed by atoms with van der Waals surface area (Å²) in [6.45, 7) is 1.76. The summed E-state index contributed by atoms with van der Waals surface area (Å²) in [7, 11) is 0. The van der Waals surface area contributed by atoms with E-state index >= 15 is 0 Å². The van der Waals surface area contributed by atoms with Crippen LogP contribution in [0.1, 0.15) is 13.3 Å². The molecule has 88 valence electrons. The van der Waals surface area contributed by atoms with Gasteiger partial charge in [-0.1, -0.05) is 22.6 Å². The lowest BCUT2D eigenvalue weighted by Gasteiger charge is -2.22. The molecule has 0 N–H and O–H groups in total. The zero-order chi connectivity index (χ0) is 11.4. The van der Waals surface area contributed by atoms with E-state index in [0.29, 0.717) is 6.42 Å². The molecule has 0 aromatic carbocycles. The molecule has 6 unspecified atom stereocenters. The second-order valence-electron chi connectivity index (χ2n) is 4.40. The van der Waals surface area contributed by atoms with Crippen molar-refractivity contribution in [2.45, 2.75) is 41.7 Å². The fourth-order valence-corrected chi connectivity index (χ4v) is 2.76. The van der Waals surface area contributed by atoms with Crippen LogP contribution >= 0.6 is 22.6 Å².